The highest BCUT2D eigenvalue weighted by Gasteiger charge is 2.26. The van der Waals surface area contributed by atoms with Crippen LogP contribution < -0.4 is 24.8 Å². The van der Waals surface area contributed by atoms with Crippen molar-refractivity contribution in [1.29, 1.82) is 0 Å². The highest BCUT2D eigenvalue weighted by Crippen LogP contribution is 2.45. The molecule has 11 nitrogen and oxygen atoms in total. The van der Waals surface area contributed by atoms with Gasteiger partial charge in [-0.1, -0.05) is 30.3 Å². The lowest BCUT2D eigenvalue weighted by Gasteiger charge is -2.21. The van der Waals surface area contributed by atoms with Gasteiger partial charge in [0, 0.05) is 5.39 Å². The summed E-state index contributed by atoms with van der Waals surface area (Å²) in [6, 6.07) is 25.2. The van der Waals surface area contributed by atoms with Gasteiger partial charge in [-0.2, -0.15) is 8.75 Å². The van der Waals surface area contributed by atoms with Gasteiger partial charge in [-0.05, 0) is 72.6 Å². The monoisotopic (exact) mass is 623 g/mol. The minimum atomic E-state index is -0.856. The van der Waals surface area contributed by atoms with E-state index in [2.05, 4.69) is 8.75 Å². The number of methoxy groups -OCH3 is 2. The Morgan fingerprint density at radius 2 is 1.64 bits per heavy atom. The van der Waals surface area contributed by atoms with Crippen molar-refractivity contribution in [2.45, 2.75) is 13.5 Å². The summed E-state index contributed by atoms with van der Waals surface area (Å²) >= 11 is 1.14. The van der Waals surface area contributed by atoms with Gasteiger partial charge in [-0.15, -0.1) is 0 Å². The van der Waals surface area contributed by atoms with Crippen molar-refractivity contribution in [3.63, 3.8) is 0 Å². The number of amides is 2. The Morgan fingerprint density at radius 1 is 0.867 bits per heavy atom. The van der Waals surface area contributed by atoms with Gasteiger partial charge in [-0.3, -0.25) is 4.90 Å². The van der Waals surface area contributed by atoms with Crippen molar-refractivity contribution in [2.75, 3.05) is 25.7 Å². The molecule has 0 aliphatic heterocycles. The first-order valence-corrected chi connectivity index (χ1v) is 14.7. The molecule has 0 bridgehead atoms. The first-order valence-electron chi connectivity index (χ1n) is 14.0. The van der Waals surface area contributed by atoms with Crippen molar-refractivity contribution in [3.8, 4) is 28.5 Å². The van der Waals surface area contributed by atoms with Crippen LogP contribution in [0.25, 0.3) is 33.1 Å². The van der Waals surface area contributed by atoms with Crippen LogP contribution in [-0.4, -0.2) is 46.3 Å². The Kier molecular flexibility index (Phi) is 8.21. The van der Waals surface area contributed by atoms with Crippen LogP contribution in [0.1, 0.15) is 12.5 Å². The second kappa shape index (κ2) is 12.5. The van der Waals surface area contributed by atoms with Crippen LogP contribution in [0.15, 0.2) is 84.9 Å². The number of aromatic nitrogens is 3. The predicted octanol–water partition coefficient (Wildman–Crippen LogP) is 7.13. The first-order chi connectivity index (χ1) is 21.9. The highest BCUT2D eigenvalue weighted by atomic mass is 32.1. The molecule has 2 heterocycles. The zero-order valence-corrected chi connectivity index (χ0v) is 25.5. The van der Waals surface area contributed by atoms with Crippen molar-refractivity contribution >= 4 is 57.2 Å². The van der Waals surface area contributed by atoms with Gasteiger partial charge in [0.25, 0.3) is 0 Å². The number of para-hydroxylation sites is 1. The number of ether oxygens (including phenoxy) is 4. The summed E-state index contributed by atoms with van der Waals surface area (Å²) in [5.41, 5.74) is 11.5. The third-order valence-electron chi connectivity index (χ3n) is 7.27. The number of urea groups is 1. The molecule has 0 atom stereocenters. The van der Waals surface area contributed by atoms with E-state index in [-0.39, 0.29) is 12.5 Å². The molecule has 45 heavy (non-hydrogen) atoms. The van der Waals surface area contributed by atoms with Crippen molar-refractivity contribution < 1.29 is 28.5 Å². The largest absolute Gasteiger partial charge is 0.515 e. The fourth-order valence-electron chi connectivity index (χ4n) is 5.31. The summed E-state index contributed by atoms with van der Waals surface area (Å²) in [4.78, 5) is 27.1. The Hall–Kier alpha value is -5.62. The smallest absolute Gasteiger partial charge is 0.493 e. The maximum absolute atomic E-state index is 12.9. The van der Waals surface area contributed by atoms with Gasteiger partial charge in [0.05, 0.1) is 61.6 Å². The van der Waals surface area contributed by atoms with Gasteiger partial charge < -0.3 is 29.2 Å². The van der Waals surface area contributed by atoms with E-state index >= 15 is 0 Å². The molecule has 0 aliphatic carbocycles. The highest BCUT2D eigenvalue weighted by molar-refractivity contribution is 7.00. The quantitative estimate of drug-likeness (QED) is 0.168. The molecule has 0 saturated heterocycles. The molecule has 2 N–H and O–H groups in total. The number of rotatable bonds is 9. The minimum absolute atomic E-state index is 0.132. The fraction of sp³-hybridized carbons (Fsp3) is 0.152. The Bertz CT molecular complexity index is 2020. The van der Waals surface area contributed by atoms with Crippen LogP contribution >= 0.6 is 11.7 Å². The molecule has 0 radical (unpaired) electrons. The van der Waals surface area contributed by atoms with E-state index in [0.29, 0.717) is 45.9 Å². The average molecular weight is 624 g/mol. The van der Waals surface area contributed by atoms with E-state index in [4.69, 9.17) is 24.7 Å². The number of fused-ring (bicyclic) bond motifs is 2. The van der Waals surface area contributed by atoms with Crippen LogP contribution in [0.2, 0.25) is 0 Å². The van der Waals surface area contributed by atoms with E-state index in [1.807, 2.05) is 59.2 Å². The van der Waals surface area contributed by atoms with Crippen LogP contribution in [0.4, 0.5) is 21.0 Å². The first kappa shape index (κ1) is 29.5. The number of benzene rings is 4. The van der Waals surface area contributed by atoms with E-state index < -0.39 is 12.2 Å². The summed E-state index contributed by atoms with van der Waals surface area (Å²) in [5, 5.41) is 0.692. The summed E-state index contributed by atoms with van der Waals surface area (Å²) < 4.78 is 32.8. The zero-order valence-electron chi connectivity index (χ0n) is 24.7. The van der Waals surface area contributed by atoms with Gasteiger partial charge in [0.15, 0.2) is 11.5 Å². The number of anilines is 2. The molecule has 0 aliphatic rings. The van der Waals surface area contributed by atoms with E-state index in [0.717, 1.165) is 33.8 Å². The number of hydrogen-bond acceptors (Lipinski definition) is 9. The topological polar surface area (TPSA) is 131 Å². The molecular formula is C33H29N5O6S. The van der Waals surface area contributed by atoms with Crippen LogP contribution in [-0.2, 0) is 11.3 Å². The SMILES string of the molecule is CCOC(=O)Oc1c(-c2ccc(OC)c(OC)c2)c2cc(N(C(N)=O)c3ccccc3)ccc2n1Cc1ccc2nsnc2c1. The lowest BCUT2D eigenvalue weighted by atomic mass is 10.0. The molecule has 6 aromatic rings. The summed E-state index contributed by atoms with van der Waals surface area (Å²) in [6.07, 6.45) is -0.856. The van der Waals surface area contributed by atoms with Gasteiger partial charge >= 0.3 is 12.2 Å². The third kappa shape index (κ3) is 5.70. The molecule has 0 fully saturated rings. The lowest BCUT2D eigenvalue weighted by Crippen LogP contribution is -2.31. The van der Waals surface area contributed by atoms with Crippen LogP contribution in [0.5, 0.6) is 17.4 Å². The van der Waals surface area contributed by atoms with E-state index in [1.54, 1.807) is 51.5 Å². The summed E-state index contributed by atoms with van der Waals surface area (Å²) in [7, 11) is 3.11. The standard InChI is InChI=1S/C33H29N5O6S/c1-4-43-33(40)44-31-30(21-11-15-28(41-2)29(17-21)42-3)24-18-23(38(32(34)39)22-8-6-5-7-9-22)12-14-27(24)37(31)19-20-10-13-25-26(16-20)36-45-35-25/h5-18H,4,19H2,1-3H3,(H2,34,39). The molecule has 2 aromatic heterocycles. The second-order valence-corrected chi connectivity index (χ2v) is 10.4. The average Bonchev–Trinajstić information content (AvgIpc) is 3.63. The van der Waals surface area contributed by atoms with Crippen molar-refractivity contribution in [3.05, 3.63) is 90.5 Å². The third-order valence-corrected chi connectivity index (χ3v) is 7.82. The molecule has 0 unspecified atom stereocenters. The number of primary amides is 1. The van der Waals surface area contributed by atoms with Gasteiger partial charge in [0.2, 0.25) is 5.88 Å². The maximum Gasteiger partial charge on any atom is 0.515 e. The number of carbonyl (C=O) groups excluding carboxylic acids is 2. The predicted molar refractivity (Wildman–Crippen MR) is 173 cm³/mol. The number of carbonyl (C=O) groups is 2. The molecule has 12 heteroatoms. The normalized spacial score (nSPS) is 11.0. The maximum atomic E-state index is 12.9. The minimum Gasteiger partial charge on any atom is -0.493 e. The van der Waals surface area contributed by atoms with E-state index in [9.17, 15) is 9.59 Å². The summed E-state index contributed by atoms with van der Waals surface area (Å²) in [5.74, 6) is 1.26. The fourth-order valence-corrected chi connectivity index (χ4v) is 5.82. The molecular weight excluding hydrogens is 594 g/mol. The Balaban J connectivity index is 1.63. The number of hydrogen-bond donors (Lipinski definition) is 1. The summed E-state index contributed by atoms with van der Waals surface area (Å²) in [6.45, 7) is 2.16. The molecule has 4 aromatic carbocycles. The van der Waals surface area contributed by atoms with E-state index in [1.165, 1.54) is 4.90 Å². The van der Waals surface area contributed by atoms with Crippen molar-refractivity contribution in [1.82, 2.24) is 13.3 Å². The lowest BCUT2D eigenvalue weighted by molar-refractivity contribution is 0.101. The molecule has 0 spiro atoms. The number of nitrogens with zero attached hydrogens (tertiary/aromatic N) is 4. The van der Waals surface area contributed by atoms with Gasteiger partial charge in [-0.25, -0.2) is 9.59 Å². The molecule has 6 rings (SSSR count). The molecule has 0 saturated carbocycles. The van der Waals surface area contributed by atoms with Gasteiger partial charge in [0.1, 0.15) is 11.0 Å². The van der Waals surface area contributed by atoms with Crippen molar-refractivity contribution in [2.24, 2.45) is 5.73 Å². The Morgan fingerprint density at radius 3 is 2.38 bits per heavy atom. The second-order valence-electron chi connectivity index (χ2n) is 9.92. The van der Waals surface area contributed by atoms with Crippen LogP contribution in [0, 0.1) is 0 Å². The zero-order chi connectivity index (χ0) is 31.5. The molecule has 228 valence electrons. The van der Waals surface area contributed by atoms with Crippen LogP contribution in [0.3, 0.4) is 0 Å². The number of nitrogens with two attached hydrogens (primary N) is 1. The Labute approximate surface area is 262 Å². The molecule has 2 amide bonds.